The molecule has 0 spiro atoms. The van der Waals surface area contributed by atoms with Crippen molar-refractivity contribution in [3.63, 3.8) is 0 Å². The number of carbonyl (C=O) groups excluding carboxylic acids is 1. The molecule has 11 nitrogen and oxygen atoms in total. The molecule has 1 rings (SSSR count). The maximum absolute atomic E-state index is 9.96. The molecule has 19 heavy (non-hydrogen) atoms. The van der Waals surface area contributed by atoms with Gasteiger partial charge in [-0.2, -0.15) is 0 Å². The summed E-state index contributed by atoms with van der Waals surface area (Å²) >= 11 is 0. The minimum atomic E-state index is -4.55. The summed E-state index contributed by atoms with van der Waals surface area (Å²) in [7, 11) is -9.10. The average Bonchev–Trinajstić information content (AvgIpc) is 2.60. The van der Waals surface area contributed by atoms with Gasteiger partial charge in [0.2, 0.25) is 0 Å². The van der Waals surface area contributed by atoms with Crippen molar-refractivity contribution in [1.82, 2.24) is 0 Å². The second kappa shape index (κ2) is 6.71. The third-order valence-electron chi connectivity index (χ3n) is 1.30. The Balaban J connectivity index is 0.000000344. The lowest BCUT2D eigenvalue weighted by Gasteiger charge is -2.03. The van der Waals surface area contributed by atoms with Crippen molar-refractivity contribution < 1.29 is 42.8 Å². The van der Waals surface area contributed by atoms with Gasteiger partial charge in [-0.05, 0) is 0 Å². The van der Waals surface area contributed by atoms with Gasteiger partial charge in [-0.25, -0.2) is 0 Å². The summed E-state index contributed by atoms with van der Waals surface area (Å²) < 4.78 is 24.2. The largest absolute Gasteiger partial charge is 0.454 e. The van der Waals surface area contributed by atoms with Crippen LogP contribution in [-0.2, 0) is 9.13 Å². The van der Waals surface area contributed by atoms with E-state index < -0.39 is 26.0 Å². The van der Waals surface area contributed by atoms with Gasteiger partial charge < -0.3 is 24.0 Å². The third-order valence-corrected chi connectivity index (χ3v) is 4.25. The Kier molecular flexibility index (Phi) is 6.23. The highest BCUT2D eigenvalue weighted by Gasteiger charge is 2.26. The van der Waals surface area contributed by atoms with Gasteiger partial charge in [0.1, 0.15) is 0 Å². The first-order valence-corrected chi connectivity index (χ1v) is 7.81. The summed E-state index contributed by atoms with van der Waals surface area (Å²) in [5, 5.41) is 9.96. The first kappa shape index (κ1) is 17.6. The molecule has 0 aliphatic heterocycles. The molecule has 0 aliphatic rings. The van der Waals surface area contributed by atoms with Gasteiger partial charge in [0, 0.05) is 0 Å². The first-order chi connectivity index (χ1) is 8.44. The lowest BCUT2D eigenvalue weighted by atomic mass is 10.4. The third kappa shape index (κ3) is 9.25. The SMILES string of the molecule is O=Cc1cc([N+](=O)[O-])co1.O=P(O)(O)CP(=O)(O)O. The Morgan fingerprint density at radius 1 is 1.26 bits per heavy atom. The molecule has 1 aromatic heterocycles. The van der Waals surface area contributed by atoms with E-state index in [4.69, 9.17) is 19.6 Å². The standard InChI is InChI=1S/C5H3NO4.CH6O6P2/c7-2-5-1-4(3-10-5)6(8)9;2-8(3,4)1-9(5,6)7/h1-3H;1H2,(H2,2,3,4)(H2,5,6,7). The summed E-state index contributed by atoms with van der Waals surface area (Å²) in [6, 6.07) is 1.06. The zero-order valence-electron chi connectivity index (χ0n) is 9.02. The lowest BCUT2D eigenvalue weighted by Crippen LogP contribution is -1.88. The number of hydrogen-bond acceptors (Lipinski definition) is 6. The van der Waals surface area contributed by atoms with Crippen molar-refractivity contribution in [3.05, 3.63) is 28.2 Å². The molecular weight excluding hydrogens is 308 g/mol. The van der Waals surface area contributed by atoms with Crippen LogP contribution in [0.4, 0.5) is 5.69 Å². The predicted octanol–water partition coefficient (Wildman–Crippen LogP) is 0.300. The zero-order valence-corrected chi connectivity index (χ0v) is 10.8. The smallest absolute Gasteiger partial charge is 0.337 e. The van der Waals surface area contributed by atoms with Gasteiger partial charge in [-0.1, -0.05) is 0 Å². The molecule has 0 saturated carbocycles. The quantitative estimate of drug-likeness (QED) is 0.260. The molecule has 0 unspecified atom stereocenters. The number of nitrogens with zero attached hydrogens (tertiary/aromatic N) is 1. The van der Waals surface area contributed by atoms with Crippen molar-refractivity contribution in [2.24, 2.45) is 0 Å². The molecule has 0 aliphatic carbocycles. The molecule has 13 heteroatoms. The van der Waals surface area contributed by atoms with Crippen molar-refractivity contribution in [2.75, 3.05) is 5.90 Å². The fraction of sp³-hybridized carbons (Fsp3) is 0.167. The lowest BCUT2D eigenvalue weighted by molar-refractivity contribution is -0.385. The molecule has 0 amide bonds. The van der Waals surface area contributed by atoms with E-state index in [-0.39, 0.29) is 11.4 Å². The highest BCUT2D eigenvalue weighted by Crippen LogP contribution is 2.51. The van der Waals surface area contributed by atoms with Crippen LogP contribution < -0.4 is 0 Å². The minimum absolute atomic E-state index is 0.0355. The molecule has 1 heterocycles. The molecule has 0 saturated heterocycles. The van der Waals surface area contributed by atoms with Crippen LogP contribution in [0.25, 0.3) is 0 Å². The van der Waals surface area contributed by atoms with Gasteiger partial charge in [0.25, 0.3) is 0 Å². The van der Waals surface area contributed by atoms with E-state index in [9.17, 15) is 24.0 Å². The van der Waals surface area contributed by atoms with Gasteiger partial charge in [-0.3, -0.25) is 24.0 Å². The van der Waals surface area contributed by atoms with Crippen LogP contribution in [0.3, 0.4) is 0 Å². The monoisotopic (exact) mass is 317 g/mol. The summed E-state index contributed by atoms with van der Waals surface area (Å²) in [6.07, 6.45) is 1.33. The second-order valence-electron chi connectivity index (χ2n) is 3.05. The molecule has 108 valence electrons. The highest BCUT2D eigenvalue weighted by atomic mass is 31.2. The Hall–Kier alpha value is -1.35. The zero-order chi connectivity index (χ0) is 15.3. The maximum Gasteiger partial charge on any atom is 0.337 e. The molecule has 0 bridgehead atoms. The van der Waals surface area contributed by atoms with E-state index in [1.807, 2.05) is 0 Å². The van der Waals surface area contributed by atoms with Gasteiger partial charge in [-0.15, -0.1) is 0 Å². The summed E-state index contributed by atoms with van der Waals surface area (Å²) in [6.45, 7) is 0. The van der Waals surface area contributed by atoms with E-state index in [1.165, 1.54) is 0 Å². The normalized spacial score (nSPS) is 11.4. The number of carbonyl (C=O) groups is 1. The fourth-order valence-electron chi connectivity index (χ4n) is 0.740. The van der Waals surface area contributed by atoms with Crippen molar-refractivity contribution in [3.8, 4) is 0 Å². The number of aldehydes is 1. The molecular formula is C6H9NO10P2. The summed E-state index contributed by atoms with van der Waals surface area (Å²) in [4.78, 5) is 51.1. The minimum Gasteiger partial charge on any atom is -0.454 e. The highest BCUT2D eigenvalue weighted by molar-refractivity contribution is 7.69. The predicted molar refractivity (Wildman–Crippen MR) is 59.7 cm³/mol. The number of hydrogen-bond donors (Lipinski definition) is 4. The average molecular weight is 317 g/mol. The van der Waals surface area contributed by atoms with Gasteiger partial charge in [0.05, 0.1) is 11.0 Å². The van der Waals surface area contributed by atoms with E-state index in [1.54, 1.807) is 0 Å². The summed E-state index contributed by atoms with van der Waals surface area (Å²) in [5.41, 5.74) is -0.206. The van der Waals surface area contributed by atoms with E-state index in [0.717, 1.165) is 12.3 Å². The van der Waals surface area contributed by atoms with Crippen LogP contribution >= 0.6 is 15.2 Å². The van der Waals surface area contributed by atoms with E-state index >= 15 is 0 Å². The van der Waals surface area contributed by atoms with Crippen molar-refractivity contribution in [2.45, 2.75) is 0 Å². The Bertz CT molecular complexity index is 518. The van der Waals surface area contributed by atoms with Gasteiger partial charge in [0.15, 0.2) is 24.2 Å². The number of rotatable bonds is 4. The number of nitro groups is 1. The van der Waals surface area contributed by atoms with Crippen molar-refractivity contribution >= 4 is 27.2 Å². The van der Waals surface area contributed by atoms with Crippen molar-refractivity contribution in [1.29, 1.82) is 0 Å². The second-order valence-corrected chi connectivity index (χ2v) is 6.84. The van der Waals surface area contributed by atoms with Crippen LogP contribution in [0.15, 0.2) is 16.7 Å². The van der Waals surface area contributed by atoms with Crippen LogP contribution in [0.5, 0.6) is 0 Å². The Labute approximate surface area is 105 Å². The van der Waals surface area contributed by atoms with E-state index in [2.05, 4.69) is 4.42 Å². The molecule has 0 atom stereocenters. The fourth-order valence-corrected chi connectivity index (χ4v) is 2.66. The molecule has 0 fully saturated rings. The van der Waals surface area contributed by atoms with Gasteiger partial charge >= 0.3 is 20.9 Å². The molecule has 0 aromatic carbocycles. The first-order valence-electron chi connectivity index (χ1n) is 4.22. The van der Waals surface area contributed by atoms with Crippen LogP contribution in [0.1, 0.15) is 10.6 Å². The van der Waals surface area contributed by atoms with Crippen LogP contribution in [0.2, 0.25) is 0 Å². The Morgan fingerprint density at radius 3 is 1.89 bits per heavy atom. The summed E-state index contributed by atoms with van der Waals surface area (Å²) in [5.74, 6) is -1.41. The molecule has 1 aromatic rings. The molecule has 0 radical (unpaired) electrons. The van der Waals surface area contributed by atoms with Crippen LogP contribution in [-0.4, -0.2) is 36.7 Å². The number of furan rings is 1. The molecule has 4 N–H and O–H groups in total. The maximum atomic E-state index is 9.96. The van der Waals surface area contributed by atoms with Crippen LogP contribution in [0, 0.1) is 10.1 Å². The topological polar surface area (TPSA) is 188 Å². The Morgan fingerprint density at radius 2 is 1.74 bits per heavy atom. The van der Waals surface area contributed by atoms with E-state index in [0.29, 0.717) is 6.29 Å².